The van der Waals surface area contributed by atoms with Gasteiger partial charge in [0.25, 0.3) is 0 Å². The smallest absolute Gasteiger partial charge is 0.168 e. The van der Waals surface area contributed by atoms with Crippen LogP contribution in [0.1, 0.15) is 10.5 Å². The van der Waals surface area contributed by atoms with Gasteiger partial charge in [0.15, 0.2) is 17.9 Å². The highest BCUT2D eigenvalue weighted by Crippen LogP contribution is 2.25. The predicted molar refractivity (Wildman–Crippen MR) is 69.8 cm³/mol. The maximum atomic E-state index is 13.6. The second-order valence-corrected chi connectivity index (χ2v) is 3.89. The van der Waals surface area contributed by atoms with Crippen LogP contribution in [0.3, 0.4) is 0 Å². The third-order valence-electron chi connectivity index (χ3n) is 2.68. The van der Waals surface area contributed by atoms with E-state index < -0.39 is 5.82 Å². The number of aromatic nitrogens is 2. The third kappa shape index (κ3) is 2.54. The summed E-state index contributed by atoms with van der Waals surface area (Å²) in [7, 11) is 1.40. The number of ether oxygens (including phenoxy) is 1. The summed E-state index contributed by atoms with van der Waals surface area (Å²) >= 11 is 0. The van der Waals surface area contributed by atoms with Gasteiger partial charge >= 0.3 is 0 Å². The molecule has 0 aliphatic carbocycles. The van der Waals surface area contributed by atoms with Gasteiger partial charge in [-0.15, -0.1) is 6.58 Å². The van der Waals surface area contributed by atoms with Crippen LogP contribution in [0, 0.1) is 5.82 Å². The molecule has 0 unspecified atom stereocenters. The van der Waals surface area contributed by atoms with Gasteiger partial charge in [0, 0.05) is 5.56 Å². The molecule has 1 aromatic carbocycles. The van der Waals surface area contributed by atoms with Crippen molar-refractivity contribution in [2.75, 3.05) is 7.11 Å². The third-order valence-corrected chi connectivity index (χ3v) is 2.68. The van der Waals surface area contributed by atoms with Gasteiger partial charge in [-0.25, -0.2) is 4.39 Å². The number of carbonyl (C=O) groups is 1. The summed E-state index contributed by atoms with van der Waals surface area (Å²) in [4.78, 5) is 10.9. The second-order valence-electron chi connectivity index (χ2n) is 3.89. The molecule has 4 nitrogen and oxygen atoms in total. The molecule has 98 valence electrons. The molecule has 0 saturated carbocycles. The molecular formula is C14H13FN2O2. The Morgan fingerprint density at radius 3 is 2.84 bits per heavy atom. The molecule has 1 aromatic heterocycles. The first-order valence-corrected chi connectivity index (χ1v) is 5.67. The van der Waals surface area contributed by atoms with Crippen LogP contribution in [0.25, 0.3) is 11.3 Å². The summed E-state index contributed by atoms with van der Waals surface area (Å²) in [5, 5.41) is 4.24. The minimum Gasteiger partial charge on any atom is -0.494 e. The zero-order chi connectivity index (χ0) is 13.8. The molecule has 0 bridgehead atoms. The molecule has 0 spiro atoms. The summed E-state index contributed by atoms with van der Waals surface area (Å²) in [6.07, 6.45) is 2.35. The number of hydrogen-bond donors (Lipinski definition) is 0. The van der Waals surface area contributed by atoms with Crippen LogP contribution in [0.2, 0.25) is 0 Å². The molecule has 0 atom stereocenters. The van der Waals surface area contributed by atoms with Crippen molar-refractivity contribution in [2.45, 2.75) is 6.54 Å². The van der Waals surface area contributed by atoms with Crippen molar-refractivity contribution in [3.63, 3.8) is 0 Å². The Labute approximate surface area is 110 Å². The van der Waals surface area contributed by atoms with E-state index in [1.807, 2.05) is 0 Å². The average Bonchev–Trinajstić information content (AvgIpc) is 2.82. The molecule has 0 fully saturated rings. The molecule has 2 rings (SSSR count). The standard InChI is InChI=1S/C14H13FN2O2/c1-3-6-17-11(9-18)8-13(16-17)10-4-5-14(19-2)12(15)7-10/h3-5,7-9H,1,6H2,2H3. The number of allylic oxidation sites excluding steroid dienone is 1. The Morgan fingerprint density at radius 1 is 1.47 bits per heavy atom. The largest absolute Gasteiger partial charge is 0.494 e. The lowest BCUT2D eigenvalue weighted by molar-refractivity contribution is 0.111. The van der Waals surface area contributed by atoms with E-state index in [-0.39, 0.29) is 5.75 Å². The quantitative estimate of drug-likeness (QED) is 0.613. The summed E-state index contributed by atoms with van der Waals surface area (Å²) in [6, 6.07) is 6.15. The van der Waals surface area contributed by atoms with E-state index in [1.54, 1.807) is 18.2 Å². The maximum Gasteiger partial charge on any atom is 0.168 e. The number of halogens is 1. The van der Waals surface area contributed by atoms with Crippen LogP contribution in [-0.4, -0.2) is 23.2 Å². The molecule has 19 heavy (non-hydrogen) atoms. The van der Waals surface area contributed by atoms with Gasteiger partial charge in [-0.2, -0.15) is 5.10 Å². The zero-order valence-electron chi connectivity index (χ0n) is 10.5. The molecule has 0 radical (unpaired) electrons. The van der Waals surface area contributed by atoms with E-state index in [0.717, 1.165) is 0 Å². The topological polar surface area (TPSA) is 44.1 Å². The molecular weight excluding hydrogens is 247 g/mol. The molecule has 0 amide bonds. The average molecular weight is 260 g/mol. The lowest BCUT2D eigenvalue weighted by Crippen LogP contribution is -2.01. The highest BCUT2D eigenvalue weighted by molar-refractivity contribution is 5.76. The number of rotatable bonds is 5. The number of benzene rings is 1. The number of nitrogens with zero attached hydrogens (tertiary/aromatic N) is 2. The Bertz CT molecular complexity index is 620. The Balaban J connectivity index is 2.44. The molecule has 0 aliphatic rings. The van der Waals surface area contributed by atoms with E-state index in [1.165, 1.54) is 23.9 Å². The zero-order valence-corrected chi connectivity index (χ0v) is 10.5. The monoisotopic (exact) mass is 260 g/mol. The fourth-order valence-electron chi connectivity index (χ4n) is 1.76. The molecule has 1 heterocycles. The highest BCUT2D eigenvalue weighted by atomic mass is 19.1. The minimum atomic E-state index is -0.467. The van der Waals surface area contributed by atoms with Gasteiger partial charge in [-0.1, -0.05) is 6.08 Å². The van der Waals surface area contributed by atoms with Crippen molar-refractivity contribution >= 4 is 6.29 Å². The molecule has 2 aromatic rings. The second kappa shape index (κ2) is 5.48. The van der Waals surface area contributed by atoms with E-state index in [2.05, 4.69) is 11.7 Å². The fraction of sp³-hybridized carbons (Fsp3) is 0.143. The first-order chi connectivity index (χ1) is 9.19. The van der Waals surface area contributed by atoms with Crippen molar-refractivity contribution in [1.29, 1.82) is 0 Å². The molecule has 0 N–H and O–H groups in total. The number of methoxy groups -OCH3 is 1. The van der Waals surface area contributed by atoms with E-state index in [0.29, 0.717) is 29.8 Å². The summed E-state index contributed by atoms with van der Waals surface area (Å²) < 4.78 is 20.0. The highest BCUT2D eigenvalue weighted by Gasteiger charge is 2.10. The van der Waals surface area contributed by atoms with E-state index in [4.69, 9.17) is 4.74 Å². The van der Waals surface area contributed by atoms with Crippen molar-refractivity contribution in [2.24, 2.45) is 0 Å². The van der Waals surface area contributed by atoms with Crippen LogP contribution in [-0.2, 0) is 6.54 Å². The fourth-order valence-corrected chi connectivity index (χ4v) is 1.76. The van der Waals surface area contributed by atoms with Crippen molar-refractivity contribution in [3.8, 4) is 17.0 Å². The SMILES string of the molecule is C=CCn1nc(-c2ccc(OC)c(F)c2)cc1C=O. The maximum absolute atomic E-state index is 13.6. The lowest BCUT2D eigenvalue weighted by atomic mass is 10.1. The van der Waals surface area contributed by atoms with Gasteiger partial charge in [-0.05, 0) is 24.3 Å². The molecule has 0 saturated heterocycles. The Morgan fingerprint density at radius 2 is 2.26 bits per heavy atom. The van der Waals surface area contributed by atoms with Crippen LogP contribution in [0.5, 0.6) is 5.75 Å². The summed E-state index contributed by atoms with van der Waals surface area (Å²) in [5.41, 5.74) is 1.54. The summed E-state index contributed by atoms with van der Waals surface area (Å²) in [6.45, 7) is 4.02. The summed E-state index contributed by atoms with van der Waals surface area (Å²) in [5.74, 6) is -0.296. The van der Waals surface area contributed by atoms with Crippen LogP contribution >= 0.6 is 0 Å². The minimum absolute atomic E-state index is 0.171. The van der Waals surface area contributed by atoms with E-state index >= 15 is 0 Å². The number of carbonyl (C=O) groups excluding carboxylic acids is 1. The predicted octanol–water partition coefficient (Wildman–Crippen LogP) is 2.70. The number of hydrogen-bond acceptors (Lipinski definition) is 3. The first-order valence-electron chi connectivity index (χ1n) is 5.67. The van der Waals surface area contributed by atoms with E-state index in [9.17, 15) is 9.18 Å². The van der Waals surface area contributed by atoms with Crippen molar-refractivity contribution in [3.05, 3.63) is 48.4 Å². The van der Waals surface area contributed by atoms with Gasteiger partial charge in [0.1, 0.15) is 5.69 Å². The first kappa shape index (κ1) is 13.0. The Hall–Kier alpha value is -2.43. The van der Waals surface area contributed by atoms with Gasteiger partial charge in [0.2, 0.25) is 0 Å². The van der Waals surface area contributed by atoms with Crippen molar-refractivity contribution < 1.29 is 13.9 Å². The molecule has 0 aliphatic heterocycles. The van der Waals surface area contributed by atoms with Crippen molar-refractivity contribution in [1.82, 2.24) is 9.78 Å². The van der Waals surface area contributed by atoms with Crippen LogP contribution < -0.4 is 4.74 Å². The van der Waals surface area contributed by atoms with Crippen LogP contribution in [0.15, 0.2) is 36.9 Å². The van der Waals surface area contributed by atoms with Crippen LogP contribution in [0.4, 0.5) is 4.39 Å². The molecule has 5 heteroatoms. The van der Waals surface area contributed by atoms with Gasteiger partial charge in [-0.3, -0.25) is 9.48 Å². The van der Waals surface area contributed by atoms with Gasteiger partial charge in [0.05, 0.1) is 19.3 Å². The number of aldehydes is 1. The lowest BCUT2D eigenvalue weighted by Gasteiger charge is -2.03. The Kier molecular flexibility index (Phi) is 3.75. The van der Waals surface area contributed by atoms with Gasteiger partial charge < -0.3 is 4.74 Å². The normalized spacial score (nSPS) is 10.2.